The predicted molar refractivity (Wildman–Crippen MR) is 121 cm³/mol. The molecule has 0 spiro atoms. The van der Waals surface area contributed by atoms with Crippen LogP contribution in [0.4, 0.5) is 4.39 Å². The monoisotopic (exact) mass is 458 g/mol. The van der Waals surface area contributed by atoms with Crippen LogP contribution in [0.1, 0.15) is 47.4 Å². The van der Waals surface area contributed by atoms with Gasteiger partial charge in [0.1, 0.15) is 16.7 Å². The summed E-state index contributed by atoms with van der Waals surface area (Å²) in [7, 11) is 0. The molecule has 0 radical (unpaired) electrons. The maximum absolute atomic E-state index is 13.7. The van der Waals surface area contributed by atoms with Gasteiger partial charge >= 0.3 is 0 Å². The molecule has 1 aliphatic heterocycles. The second kappa shape index (κ2) is 9.40. The summed E-state index contributed by atoms with van der Waals surface area (Å²) in [5.74, 6) is -0.00178. The third kappa shape index (κ3) is 4.77. The summed E-state index contributed by atoms with van der Waals surface area (Å²) >= 11 is 7.65. The van der Waals surface area contributed by atoms with Gasteiger partial charge in [0.05, 0.1) is 15.6 Å². The van der Waals surface area contributed by atoms with Gasteiger partial charge in [-0.15, -0.1) is 11.3 Å². The Labute approximate surface area is 190 Å². The van der Waals surface area contributed by atoms with Crippen molar-refractivity contribution in [3.8, 4) is 10.4 Å². The Morgan fingerprint density at radius 2 is 2.00 bits per heavy atom. The lowest BCUT2D eigenvalue weighted by Gasteiger charge is -2.40. The number of aryl methyl sites for hydroxylation is 2. The first-order valence-corrected chi connectivity index (χ1v) is 11.6. The van der Waals surface area contributed by atoms with E-state index in [1.54, 1.807) is 24.5 Å². The molecule has 2 atom stereocenters. The zero-order valence-electron chi connectivity index (χ0n) is 17.5. The molecule has 31 heavy (non-hydrogen) atoms. The third-order valence-electron chi connectivity index (χ3n) is 5.82. The van der Waals surface area contributed by atoms with Gasteiger partial charge in [0.2, 0.25) is 0 Å². The number of piperidine rings is 1. The van der Waals surface area contributed by atoms with E-state index in [1.807, 2.05) is 11.8 Å². The molecule has 1 fully saturated rings. The van der Waals surface area contributed by atoms with Crippen LogP contribution in [-0.2, 0) is 6.42 Å². The number of aromatic nitrogens is 3. The molecule has 0 N–H and O–H groups in total. The molecular weight excluding hydrogens is 435 g/mol. The highest BCUT2D eigenvalue weighted by molar-refractivity contribution is 7.15. The Hall–Kier alpha value is -2.38. The number of nitrogens with zero attached hydrogens (tertiary/aromatic N) is 4. The normalized spacial score (nSPS) is 18.9. The lowest BCUT2D eigenvalue weighted by molar-refractivity contribution is 0.0494. The standard InChI is InChI=1S/C23H24ClFN4OS/c1-14-4-3-13-29(19(14)10-9-18-22(24)27-12-11-26-18)23(30)20-21(31-15(2)28-20)16-5-7-17(25)8-6-16/h5-8,11-12,14,19H,3-4,9-10,13H2,1-2H3/t14-,19-/m1/s1. The minimum absolute atomic E-state index is 0.0644. The Kier molecular flexibility index (Phi) is 6.62. The molecule has 1 aromatic carbocycles. The van der Waals surface area contributed by atoms with Crippen molar-refractivity contribution >= 4 is 28.8 Å². The lowest BCUT2D eigenvalue weighted by Crippen LogP contribution is -2.48. The summed E-state index contributed by atoms with van der Waals surface area (Å²) in [6.45, 7) is 4.78. The highest BCUT2D eigenvalue weighted by Crippen LogP contribution is 2.34. The Morgan fingerprint density at radius 1 is 1.26 bits per heavy atom. The van der Waals surface area contributed by atoms with Crippen LogP contribution in [0.3, 0.4) is 0 Å². The second-order valence-corrected chi connectivity index (χ2v) is 9.50. The van der Waals surface area contributed by atoms with Crippen molar-refractivity contribution in [2.75, 3.05) is 6.54 Å². The maximum atomic E-state index is 13.7. The van der Waals surface area contributed by atoms with E-state index in [0.717, 1.165) is 40.4 Å². The van der Waals surface area contributed by atoms with E-state index < -0.39 is 0 Å². The van der Waals surface area contributed by atoms with Crippen molar-refractivity contribution in [3.63, 3.8) is 0 Å². The fourth-order valence-corrected chi connectivity index (χ4v) is 5.36. The number of hydrogen-bond donors (Lipinski definition) is 0. The minimum Gasteiger partial charge on any atom is -0.334 e. The van der Waals surface area contributed by atoms with E-state index in [2.05, 4.69) is 21.9 Å². The number of likely N-dealkylation sites (tertiary alicyclic amines) is 1. The van der Waals surface area contributed by atoms with Crippen molar-refractivity contribution in [2.45, 2.75) is 45.6 Å². The van der Waals surface area contributed by atoms with Crippen molar-refractivity contribution in [2.24, 2.45) is 5.92 Å². The number of amides is 1. The summed E-state index contributed by atoms with van der Waals surface area (Å²) in [5.41, 5.74) is 2.01. The van der Waals surface area contributed by atoms with Crippen LogP contribution in [0.2, 0.25) is 5.15 Å². The topological polar surface area (TPSA) is 59.0 Å². The molecule has 3 aromatic rings. The van der Waals surface area contributed by atoms with Crippen LogP contribution in [0.5, 0.6) is 0 Å². The maximum Gasteiger partial charge on any atom is 0.274 e. The van der Waals surface area contributed by atoms with Crippen molar-refractivity contribution in [1.82, 2.24) is 19.9 Å². The van der Waals surface area contributed by atoms with Gasteiger partial charge in [-0.2, -0.15) is 0 Å². The third-order valence-corrected chi connectivity index (χ3v) is 7.16. The van der Waals surface area contributed by atoms with Crippen LogP contribution >= 0.6 is 22.9 Å². The molecule has 2 aromatic heterocycles. The molecular formula is C23H24ClFN4OS. The first-order chi connectivity index (χ1) is 14.9. The molecule has 1 aliphatic rings. The highest BCUT2D eigenvalue weighted by atomic mass is 35.5. The van der Waals surface area contributed by atoms with Gasteiger partial charge in [0, 0.05) is 25.0 Å². The van der Waals surface area contributed by atoms with Gasteiger partial charge in [-0.1, -0.05) is 30.7 Å². The molecule has 5 nitrogen and oxygen atoms in total. The molecule has 1 saturated heterocycles. The zero-order chi connectivity index (χ0) is 22.0. The molecule has 0 unspecified atom stereocenters. The van der Waals surface area contributed by atoms with E-state index in [9.17, 15) is 9.18 Å². The number of halogens is 2. The van der Waals surface area contributed by atoms with Crippen molar-refractivity contribution in [1.29, 1.82) is 0 Å². The number of hydrogen-bond acceptors (Lipinski definition) is 5. The van der Waals surface area contributed by atoms with E-state index in [1.165, 1.54) is 23.5 Å². The van der Waals surface area contributed by atoms with Gasteiger partial charge in [-0.3, -0.25) is 9.78 Å². The number of thiazole rings is 1. The molecule has 4 rings (SSSR count). The average Bonchev–Trinajstić information content (AvgIpc) is 3.15. The molecule has 0 bridgehead atoms. The Bertz CT molecular complexity index is 1070. The van der Waals surface area contributed by atoms with Crippen molar-refractivity contribution < 1.29 is 9.18 Å². The summed E-state index contributed by atoms with van der Waals surface area (Å²) < 4.78 is 13.4. The number of rotatable bonds is 5. The quantitative estimate of drug-likeness (QED) is 0.501. The number of carbonyl (C=O) groups excluding carboxylic acids is 1. The summed E-state index contributed by atoms with van der Waals surface area (Å²) in [6, 6.07) is 6.29. The van der Waals surface area contributed by atoms with Crippen LogP contribution in [0.15, 0.2) is 36.7 Å². The first-order valence-electron chi connectivity index (χ1n) is 10.4. The summed E-state index contributed by atoms with van der Waals surface area (Å²) in [6.07, 6.45) is 6.68. The highest BCUT2D eigenvalue weighted by Gasteiger charge is 2.34. The van der Waals surface area contributed by atoms with E-state index in [4.69, 9.17) is 11.6 Å². The van der Waals surface area contributed by atoms with Crippen LogP contribution in [0.25, 0.3) is 10.4 Å². The van der Waals surface area contributed by atoms with Gasteiger partial charge < -0.3 is 4.90 Å². The van der Waals surface area contributed by atoms with Gasteiger partial charge in [-0.05, 0) is 56.2 Å². The van der Waals surface area contributed by atoms with Crippen LogP contribution in [-0.4, -0.2) is 38.3 Å². The molecule has 0 aliphatic carbocycles. The predicted octanol–water partition coefficient (Wildman–Crippen LogP) is 5.57. The second-order valence-electron chi connectivity index (χ2n) is 7.94. The molecule has 162 valence electrons. The zero-order valence-corrected chi connectivity index (χ0v) is 19.1. The number of benzene rings is 1. The van der Waals surface area contributed by atoms with Crippen molar-refractivity contribution in [3.05, 3.63) is 64.0 Å². The van der Waals surface area contributed by atoms with Gasteiger partial charge in [0.25, 0.3) is 5.91 Å². The lowest BCUT2D eigenvalue weighted by atomic mass is 9.87. The SMILES string of the molecule is Cc1nc(C(=O)N2CCC[C@@H](C)[C@H]2CCc2nccnc2Cl)c(-c2ccc(F)cc2)s1. The fourth-order valence-electron chi connectivity index (χ4n) is 4.25. The largest absolute Gasteiger partial charge is 0.334 e. The summed E-state index contributed by atoms with van der Waals surface area (Å²) in [5, 5.41) is 1.23. The van der Waals surface area contributed by atoms with Crippen LogP contribution < -0.4 is 0 Å². The fraction of sp³-hybridized carbons (Fsp3) is 0.391. The van der Waals surface area contributed by atoms with Gasteiger partial charge in [-0.25, -0.2) is 14.4 Å². The smallest absolute Gasteiger partial charge is 0.274 e. The van der Waals surface area contributed by atoms with E-state index in [0.29, 0.717) is 29.7 Å². The Morgan fingerprint density at radius 3 is 2.74 bits per heavy atom. The van der Waals surface area contributed by atoms with E-state index >= 15 is 0 Å². The molecule has 1 amide bonds. The van der Waals surface area contributed by atoms with Gasteiger partial charge in [0.15, 0.2) is 0 Å². The average molecular weight is 459 g/mol. The summed E-state index contributed by atoms with van der Waals surface area (Å²) in [4.78, 5) is 29.4. The molecule has 3 heterocycles. The first kappa shape index (κ1) is 21.8. The van der Waals surface area contributed by atoms with Crippen LogP contribution in [0, 0.1) is 18.7 Å². The van der Waals surface area contributed by atoms with E-state index in [-0.39, 0.29) is 17.8 Å². The minimum atomic E-state index is -0.301. The number of carbonyl (C=O) groups is 1. The molecule has 8 heteroatoms. The Balaban J connectivity index is 1.60. The molecule has 0 saturated carbocycles.